The lowest BCUT2D eigenvalue weighted by atomic mass is 10.2. The highest BCUT2D eigenvalue weighted by atomic mass is 79.9. The van der Waals surface area contributed by atoms with Crippen LogP contribution in [-0.4, -0.2) is 5.91 Å². The summed E-state index contributed by atoms with van der Waals surface area (Å²) in [5, 5.41) is 11.5. The fraction of sp³-hybridized carbons (Fsp3) is 0. The zero-order chi connectivity index (χ0) is 14.7. The minimum absolute atomic E-state index is 0.0835. The van der Waals surface area contributed by atoms with Crippen LogP contribution in [0.3, 0.4) is 0 Å². The molecule has 0 atom stereocenters. The van der Waals surface area contributed by atoms with Gasteiger partial charge in [-0.1, -0.05) is 17.7 Å². The SMILES string of the molecule is N#Cc1ccc(NC(=O)c2cccc(Br)c2F)cc1Cl. The van der Waals surface area contributed by atoms with E-state index in [-0.39, 0.29) is 15.1 Å². The number of amides is 1. The molecule has 1 N–H and O–H groups in total. The Kier molecular flexibility index (Phi) is 4.38. The molecule has 3 nitrogen and oxygen atoms in total. The van der Waals surface area contributed by atoms with E-state index in [1.807, 2.05) is 6.07 Å². The highest BCUT2D eigenvalue weighted by Gasteiger charge is 2.14. The number of nitriles is 1. The highest BCUT2D eigenvalue weighted by molar-refractivity contribution is 9.10. The average Bonchev–Trinajstić information content (AvgIpc) is 2.42. The van der Waals surface area contributed by atoms with E-state index in [0.29, 0.717) is 11.3 Å². The summed E-state index contributed by atoms with van der Waals surface area (Å²) in [6.07, 6.45) is 0. The van der Waals surface area contributed by atoms with Crippen LogP contribution in [0.4, 0.5) is 10.1 Å². The molecule has 0 saturated heterocycles. The molecule has 0 aliphatic heterocycles. The molecule has 2 rings (SSSR count). The number of nitrogens with one attached hydrogen (secondary N) is 1. The number of rotatable bonds is 2. The van der Waals surface area contributed by atoms with Crippen LogP contribution in [-0.2, 0) is 0 Å². The molecule has 1 amide bonds. The molecule has 0 saturated carbocycles. The van der Waals surface area contributed by atoms with Crippen LogP contribution in [0.1, 0.15) is 15.9 Å². The van der Waals surface area contributed by atoms with Crippen LogP contribution >= 0.6 is 27.5 Å². The standard InChI is InChI=1S/C14H7BrClFN2O/c15-11-3-1-2-10(13(11)17)14(20)19-9-5-4-8(7-18)12(16)6-9/h1-6H,(H,19,20). The fourth-order valence-corrected chi connectivity index (χ4v) is 2.15. The molecule has 2 aromatic rings. The molecule has 20 heavy (non-hydrogen) atoms. The van der Waals surface area contributed by atoms with Gasteiger partial charge in [0, 0.05) is 5.69 Å². The minimum Gasteiger partial charge on any atom is -0.322 e. The normalized spacial score (nSPS) is 9.90. The summed E-state index contributed by atoms with van der Waals surface area (Å²) in [6, 6.07) is 10.8. The van der Waals surface area contributed by atoms with E-state index in [4.69, 9.17) is 16.9 Å². The topological polar surface area (TPSA) is 52.9 Å². The first-order chi connectivity index (χ1) is 9.52. The highest BCUT2D eigenvalue weighted by Crippen LogP contribution is 2.22. The molecular formula is C14H7BrClFN2O. The van der Waals surface area contributed by atoms with Gasteiger partial charge in [-0.2, -0.15) is 5.26 Å². The first kappa shape index (κ1) is 14.5. The van der Waals surface area contributed by atoms with Crippen LogP contribution in [0.15, 0.2) is 40.9 Å². The maximum absolute atomic E-state index is 13.8. The first-order valence-electron chi connectivity index (χ1n) is 5.48. The molecule has 2 aromatic carbocycles. The Bertz CT molecular complexity index is 728. The average molecular weight is 354 g/mol. The minimum atomic E-state index is -0.634. The molecule has 0 unspecified atom stereocenters. The Balaban J connectivity index is 2.26. The predicted octanol–water partition coefficient (Wildman–Crippen LogP) is 4.37. The van der Waals surface area contributed by atoms with Crippen molar-refractivity contribution in [2.45, 2.75) is 0 Å². The predicted molar refractivity (Wildman–Crippen MR) is 78.2 cm³/mol. The maximum Gasteiger partial charge on any atom is 0.258 e. The summed E-state index contributed by atoms with van der Waals surface area (Å²) in [4.78, 5) is 12.0. The van der Waals surface area contributed by atoms with Crippen molar-refractivity contribution in [1.29, 1.82) is 5.26 Å². The van der Waals surface area contributed by atoms with Gasteiger partial charge in [0.1, 0.15) is 11.9 Å². The van der Waals surface area contributed by atoms with E-state index in [1.54, 1.807) is 6.07 Å². The number of benzene rings is 2. The van der Waals surface area contributed by atoms with Gasteiger partial charge in [-0.05, 0) is 46.3 Å². The third kappa shape index (κ3) is 2.98. The number of halogens is 3. The Morgan fingerprint density at radius 2 is 2.10 bits per heavy atom. The van der Waals surface area contributed by atoms with Crippen molar-refractivity contribution >= 4 is 39.1 Å². The van der Waals surface area contributed by atoms with Gasteiger partial charge in [0.2, 0.25) is 0 Å². The van der Waals surface area contributed by atoms with Gasteiger partial charge in [0.25, 0.3) is 5.91 Å². The van der Waals surface area contributed by atoms with Crippen LogP contribution < -0.4 is 5.32 Å². The monoisotopic (exact) mass is 352 g/mol. The van der Waals surface area contributed by atoms with Gasteiger partial charge in [0.15, 0.2) is 0 Å². The van der Waals surface area contributed by atoms with Crippen LogP contribution in [0.2, 0.25) is 5.02 Å². The number of carbonyl (C=O) groups excluding carboxylic acids is 1. The summed E-state index contributed by atoms with van der Waals surface area (Å²) in [6.45, 7) is 0. The first-order valence-corrected chi connectivity index (χ1v) is 6.65. The number of anilines is 1. The van der Waals surface area contributed by atoms with E-state index < -0.39 is 11.7 Å². The molecule has 0 fully saturated rings. The molecule has 0 heterocycles. The van der Waals surface area contributed by atoms with Crippen molar-refractivity contribution < 1.29 is 9.18 Å². The molecule has 0 aromatic heterocycles. The molecule has 0 aliphatic rings. The largest absolute Gasteiger partial charge is 0.322 e. The number of nitrogens with zero attached hydrogens (tertiary/aromatic N) is 1. The molecule has 100 valence electrons. The Morgan fingerprint density at radius 1 is 1.35 bits per heavy atom. The Morgan fingerprint density at radius 3 is 2.75 bits per heavy atom. The van der Waals surface area contributed by atoms with Crippen LogP contribution in [0, 0.1) is 17.1 Å². The Hall–Kier alpha value is -1.90. The van der Waals surface area contributed by atoms with Gasteiger partial charge in [-0.25, -0.2) is 4.39 Å². The maximum atomic E-state index is 13.8. The lowest BCUT2D eigenvalue weighted by Gasteiger charge is -2.07. The van der Waals surface area contributed by atoms with Crippen molar-refractivity contribution in [2.24, 2.45) is 0 Å². The third-order valence-electron chi connectivity index (χ3n) is 2.54. The van der Waals surface area contributed by atoms with E-state index >= 15 is 0 Å². The second-order valence-corrected chi connectivity index (χ2v) is 5.12. The zero-order valence-corrected chi connectivity index (χ0v) is 12.3. The number of hydrogen-bond acceptors (Lipinski definition) is 2. The van der Waals surface area contributed by atoms with Crippen molar-refractivity contribution in [3.05, 3.63) is 62.8 Å². The molecule has 0 spiro atoms. The van der Waals surface area contributed by atoms with E-state index in [9.17, 15) is 9.18 Å². The lowest BCUT2D eigenvalue weighted by Crippen LogP contribution is -2.14. The second-order valence-electron chi connectivity index (χ2n) is 3.86. The molecular weight excluding hydrogens is 347 g/mol. The van der Waals surface area contributed by atoms with Gasteiger partial charge < -0.3 is 5.32 Å². The number of hydrogen-bond donors (Lipinski definition) is 1. The van der Waals surface area contributed by atoms with Crippen molar-refractivity contribution in [2.75, 3.05) is 5.32 Å². The smallest absolute Gasteiger partial charge is 0.258 e. The van der Waals surface area contributed by atoms with Gasteiger partial charge in [0.05, 0.1) is 20.6 Å². The third-order valence-corrected chi connectivity index (χ3v) is 3.47. The summed E-state index contributed by atoms with van der Waals surface area (Å²) >= 11 is 8.88. The van der Waals surface area contributed by atoms with Crippen LogP contribution in [0.5, 0.6) is 0 Å². The van der Waals surface area contributed by atoms with E-state index in [0.717, 1.165) is 0 Å². The second kappa shape index (κ2) is 6.04. The van der Waals surface area contributed by atoms with Gasteiger partial charge in [-0.15, -0.1) is 0 Å². The molecule has 0 bridgehead atoms. The zero-order valence-electron chi connectivity index (χ0n) is 9.95. The molecule has 0 aliphatic carbocycles. The summed E-state index contributed by atoms with van der Waals surface area (Å²) in [5.74, 6) is -1.23. The molecule has 0 radical (unpaired) electrons. The van der Waals surface area contributed by atoms with Crippen molar-refractivity contribution in [3.8, 4) is 6.07 Å². The fourth-order valence-electron chi connectivity index (χ4n) is 1.56. The van der Waals surface area contributed by atoms with Crippen molar-refractivity contribution in [1.82, 2.24) is 0 Å². The summed E-state index contributed by atoms with van der Waals surface area (Å²) in [5.41, 5.74) is 0.608. The quantitative estimate of drug-likeness (QED) is 0.872. The van der Waals surface area contributed by atoms with E-state index in [2.05, 4.69) is 21.2 Å². The van der Waals surface area contributed by atoms with Gasteiger partial charge >= 0.3 is 0 Å². The van der Waals surface area contributed by atoms with Crippen molar-refractivity contribution in [3.63, 3.8) is 0 Å². The van der Waals surface area contributed by atoms with Gasteiger partial charge in [-0.3, -0.25) is 4.79 Å². The molecule has 6 heteroatoms. The summed E-state index contributed by atoms with van der Waals surface area (Å²) < 4.78 is 14.0. The number of carbonyl (C=O) groups is 1. The Labute approximate surface area is 128 Å². The lowest BCUT2D eigenvalue weighted by molar-refractivity contribution is 0.102. The summed E-state index contributed by atoms with van der Waals surface area (Å²) in [7, 11) is 0. The van der Waals surface area contributed by atoms with Crippen LogP contribution in [0.25, 0.3) is 0 Å². The van der Waals surface area contributed by atoms with E-state index in [1.165, 1.54) is 30.3 Å².